The van der Waals surface area contributed by atoms with Gasteiger partial charge in [0.2, 0.25) is 29.5 Å². The molecule has 0 aromatic heterocycles. The zero-order valence-electron chi connectivity index (χ0n) is 32.8. The number of carboxylic acids is 1. The normalized spacial score (nSPS) is 20.0. The van der Waals surface area contributed by atoms with E-state index in [0.717, 1.165) is 16.3 Å². The van der Waals surface area contributed by atoms with E-state index in [0.29, 0.717) is 5.56 Å². The van der Waals surface area contributed by atoms with Gasteiger partial charge >= 0.3 is 12.1 Å². The number of amides is 5. The number of aromatic hydroxyl groups is 1. The van der Waals surface area contributed by atoms with E-state index in [-0.39, 0.29) is 75.8 Å². The number of phenols is 1. The van der Waals surface area contributed by atoms with Crippen molar-refractivity contribution in [2.45, 2.75) is 68.4 Å². The fourth-order valence-corrected chi connectivity index (χ4v) is 6.63. The van der Waals surface area contributed by atoms with E-state index < -0.39 is 71.9 Å². The van der Waals surface area contributed by atoms with Gasteiger partial charge in [-0.2, -0.15) is 13.2 Å². The third-order valence-corrected chi connectivity index (χ3v) is 9.90. The predicted molar refractivity (Wildman–Crippen MR) is 215 cm³/mol. The number of aliphatic imine (C=N–C) groups is 1. The minimum absolute atomic E-state index is 0.0128. The topological polar surface area (TPSA) is 321 Å². The summed E-state index contributed by atoms with van der Waals surface area (Å²) in [5, 5.41) is 40.5. The Balaban J connectivity index is 0.00000107. The maximum Gasteiger partial charge on any atom is 0.490 e. The first-order chi connectivity index (χ1) is 28.8. The maximum atomic E-state index is 14.4. The Bertz CT molecular complexity index is 2120. The lowest BCUT2D eigenvalue weighted by Crippen LogP contribution is -2.68. The monoisotopic (exact) mass is 855 g/mol. The van der Waals surface area contributed by atoms with Gasteiger partial charge in [0.15, 0.2) is 11.9 Å². The van der Waals surface area contributed by atoms with Crippen LogP contribution in [-0.2, 0) is 41.6 Å². The number of halogens is 3. The number of rotatable bonds is 8. The van der Waals surface area contributed by atoms with Crippen molar-refractivity contribution in [1.82, 2.24) is 31.5 Å². The highest BCUT2D eigenvalue weighted by Gasteiger charge is 2.45. The molecule has 61 heavy (non-hydrogen) atoms. The van der Waals surface area contributed by atoms with Gasteiger partial charge in [0, 0.05) is 32.5 Å². The van der Waals surface area contributed by atoms with Crippen molar-refractivity contribution >= 4 is 58.2 Å². The number of phenolic OH excluding ortho intramolecular Hbond substituents is 1. The molecule has 2 aliphatic rings. The highest BCUT2D eigenvalue weighted by atomic mass is 19.4. The van der Waals surface area contributed by atoms with Crippen molar-refractivity contribution in [3.63, 3.8) is 0 Å². The van der Waals surface area contributed by atoms with Crippen LogP contribution in [0.5, 0.6) is 5.75 Å². The quantitative estimate of drug-likeness (QED) is 0.0773. The fraction of sp³-hybridized carbons (Fsp3) is 0.385. The number of hydrogen-bond donors (Lipinski definition) is 11. The molecular weight excluding hydrogens is 807 g/mol. The third-order valence-electron chi connectivity index (χ3n) is 9.90. The molecule has 0 bridgehead atoms. The number of benzene rings is 3. The zero-order chi connectivity index (χ0) is 44.9. The summed E-state index contributed by atoms with van der Waals surface area (Å²) in [6, 6.07) is 15.9. The molecule has 5 amide bonds. The molecule has 0 saturated carbocycles. The largest absolute Gasteiger partial charge is 0.508 e. The van der Waals surface area contributed by atoms with Crippen LogP contribution in [0.3, 0.4) is 0 Å². The van der Waals surface area contributed by atoms with Crippen LogP contribution >= 0.6 is 0 Å². The number of piperidine rings is 1. The summed E-state index contributed by atoms with van der Waals surface area (Å²) in [7, 11) is 0. The van der Waals surface area contributed by atoms with Crippen molar-refractivity contribution in [2.75, 3.05) is 26.2 Å². The molecule has 22 heteroatoms. The summed E-state index contributed by atoms with van der Waals surface area (Å²) in [6.07, 6.45) is -4.63. The molecule has 5 rings (SSSR count). The molecule has 3 aromatic carbocycles. The van der Waals surface area contributed by atoms with Crippen LogP contribution in [0.25, 0.3) is 10.8 Å². The number of carbonyl (C=O) groups is 6. The Hall–Kier alpha value is -7.13. The van der Waals surface area contributed by atoms with Gasteiger partial charge in [0.05, 0.1) is 6.54 Å². The Morgan fingerprint density at radius 1 is 0.820 bits per heavy atom. The zero-order valence-corrected chi connectivity index (χ0v) is 32.8. The smallest absolute Gasteiger partial charge is 0.490 e. The number of carboxylic acid groups (broad SMARTS) is 1. The van der Waals surface area contributed by atoms with Crippen LogP contribution in [0.4, 0.5) is 13.2 Å². The van der Waals surface area contributed by atoms with Crippen LogP contribution in [0.1, 0.15) is 36.8 Å². The maximum absolute atomic E-state index is 14.4. The molecule has 14 N–H and O–H groups in total. The SMILES string of the molecule is N=C(N)N1CCC2(CC1)NC(=O)[C@@H](Cc1ccc(O)cc1)NC(=O)CNC(=O)[C@H](Cc1ccc3ccccc3c1)NC(=O)[C@H](CCCN=C(N)N)NC2=O.O=C(O)C(F)(F)F. The molecule has 2 saturated heterocycles. The average molecular weight is 856 g/mol. The fourth-order valence-electron chi connectivity index (χ4n) is 6.63. The van der Waals surface area contributed by atoms with Crippen LogP contribution in [0.2, 0.25) is 0 Å². The summed E-state index contributed by atoms with van der Waals surface area (Å²) >= 11 is 0. The predicted octanol–water partition coefficient (Wildman–Crippen LogP) is -0.554. The Morgan fingerprint density at radius 3 is 2.02 bits per heavy atom. The summed E-state index contributed by atoms with van der Waals surface area (Å²) < 4.78 is 31.7. The number of nitrogens with zero attached hydrogens (tertiary/aromatic N) is 2. The van der Waals surface area contributed by atoms with Gasteiger partial charge in [-0.25, -0.2) is 4.79 Å². The number of hydrogen-bond acceptors (Lipinski definition) is 9. The van der Waals surface area contributed by atoms with E-state index in [1.807, 2.05) is 42.5 Å². The molecule has 2 fully saturated rings. The first kappa shape index (κ1) is 46.6. The number of aliphatic carboxylic acids is 1. The molecule has 2 aliphatic heterocycles. The van der Waals surface area contributed by atoms with E-state index >= 15 is 0 Å². The van der Waals surface area contributed by atoms with E-state index in [4.69, 9.17) is 32.5 Å². The van der Waals surface area contributed by atoms with Crippen molar-refractivity contribution in [1.29, 1.82) is 5.41 Å². The molecule has 0 radical (unpaired) electrons. The second-order valence-corrected chi connectivity index (χ2v) is 14.4. The number of nitrogens with two attached hydrogens (primary N) is 3. The highest BCUT2D eigenvalue weighted by molar-refractivity contribution is 5.99. The van der Waals surface area contributed by atoms with Gasteiger partial charge in [0.1, 0.15) is 29.4 Å². The first-order valence-corrected chi connectivity index (χ1v) is 19.0. The van der Waals surface area contributed by atoms with Gasteiger partial charge in [-0.3, -0.25) is 34.4 Å². The summed E-state index contributed by atoms with van der Waals surface area (Å²) in [5.41, 5.74) is 16.5. The van der Waals surface area contributed by atoms with E-state index in [2.05, 4.69) is 31.6 Å². The van der Waals surface area contributed by atoms with Crippen LogP contribution < -0.4 is 43.8 Å². The number of carbonyl (C=O) groups excluding carboxylic acids is 5. The van der Waals surface area contributed by atoms with Gasteiger partial charge in [-0.15, -0.1) is 0 Å². The molecule has 2 heterocycles. The van der Waals surface area contributed by atoms with Gasteiger partial charge in [-0.1, -0.05) is 54.6 Å². The van der Waals surface area contributed by atoms with Crippen LogP contribution in [-0.4, -0.2) is 119 Å². The van der Waals surface area contributed by atoms with Crippen molar-refractivity contribution in [2.24, 2.45) is 22.2 Å². The van der Waals surface area contributed by atoms with Crippen LogP contribution in [0.15, 0.2) is 71.7 Å². The number of likely N-dealkylation sites (tertiary alicyclic amines) is 1. The van der Waals surface area contributed by atoms with Gasteiger partial charge < -0.3 is 58.9 Å². The molecule has 0 aliphatic carbocycles. The molecule has 19 nitrogen and oxygen atoms in total. The number of fused-ring (bicyclic) bond motifs is 1. The second kappa shape index (κ2) is 20.7. The Morgan fingerprint density at radius 2 is 1.41 bits per heavy atom. The molecular formula is C39H48F3N11O8. The van der Waals surface area contributed by atoms with Crippen molar-refractivity contribution in [3.05, 3.63) is 77.9 Å². The van der Waals surface area contributed by atoms with Crippen molar-refractivity contribution in [3.8, 4) is 5.75 Å². The Kier molecular flexibility index (Phi) is 15.8. The number of guanidine groups is 2. The molecule has 3 atom stereocenters. The molecule has 328 valence electrons. The molecule has 0 unspecified atom stereocenters. The van der Waals surface area contributed by atoms with E-state index in [1.54, 1.807) is 17.0 Å². The summed E-state index contributed by atoms with van der Waals surface area (Å²) in [4.78, 5) is 84.1. The summed E-state index contributed by atoms with van der Waals surface area (Å²) in [6.45, 7) is -0.0669. The Labute approximate surface area is 347 Å². The highest BCUT2D eigenvalue weighted by Crippen LogP contribution is 2.25. The second-order valence-electron chi connectivity index (χ2n) is 14.4. The van der Waals surface area contributed by atoms with Gasteiger partial charge in [-0.05, 0) is 59.7 Å². The minimum Gasteiger partial charge on any atom is -0.508 e. The third kappa shape index (κ3) is 13.7. The summed E-state index contributed by atoms with van der Waals surface area (Å²) in [5.74, 6) is -6.43. The lowest BCUT2D eigenvalue weighted by atomic mass is 9.85. The average Bonchev–Trinajstić information content (AvgIpc) is 3.20. The van der Waals surface area contributed by atoms with E-state index in [1.165, 1.54) is 12.1 Å². The van der Waals surface area contributed by atoms with E-state index in [9.17, 15) is 42.3 Å². The molecule has 1 spiro atoms. The standard InChI is InChI=1S/C37H47N11O6.C2HF3O2/c38-35(39)42-15-3-6-27-32(52)45-28(20-23-7-10-24-4-1-2-5-25(24)18-23)31(51)43-21-30(50)44-29(19-22-8-11-26(49)12-9-22)33(53)47-37(34(54)46-27)13-16-48(17-14-37)36(40)41;3-2(4,5)1(6)7/h1-2,4-5,7-12,18,27-29,49H,3,6,13-17,19-21H2,(H3,40,41)(H,43,51)(H,44,50)(H,45,52)(H,46,54)(H,47,53)(H4,38,39,42);(H,6,7)/t27-,28-,29+;/m0./s1. The number of alkyl halides is 3. The first-order valence-electron chi connectivity index (χ1n) is 19.0. The molecule has 3 aromatic rings. The number of nitrogens with one attached hydrogen (secondary N) is 6. The van der Waals surface area contributed by atoms with Crippen molar-refractivity contribution < 1.29 is 52.2 Å². The van der Waals surface area contributed by atoms with Crippen LogP contribution in [0, 0.1) is 5.41 Å². The lowest BCUT2D eigenvalue weighted by molar-refractivity contribution is -0.192. The minimum atomic E-state index is -5.08. The van der Waals surface area contributed by atoms with Gasteiger partial charge in [0.25, 0.3) is 0 Å². The lowest BCUT2D eigenvalue weighted by Gasteiger charge is -2.42.